The van der Waals surface area contributed by atoms with Crippen molar-refractivity contribution in [1.29, 1.82) is 0 Å². The van der Waals surface area contributed by atoms with Crippen molar-refractivity contribution in [3.05, 3.63) is 81.2 Å². The van der Waals surface area contributed by atoms with Gasteiger partial charge in [-0.3, -0.25) is 24.4 Å². The number of carbonyl (C=O) groups is 2. The Hall–Kier alpha value is -4.21. The lowest BCUT2D eigenvalue weighted by Gasteiger charge is -2.09. The standard InChI is InChI=1S/C21H21N5O5/c1-13-9-16(7-8-18(13)26(29)30)31-12-14-5-4-6-15(10-14)20(27)23-17-11-25(3)24-19(17)21(28)22-2/h4-11H,12H2,1-3H3,(H,22,28)(H,23,27). The van der Waals surface area contributed by atoms with Gasteiger partial charge in [-0.25, -0.2) is 0 Å². The van der Waals surface area contributed by atoms with Gasteiger partial charge in [0.05, 0.1) is 10.6 Å². The minimum absolute atomic E-state index is 0.0255. The number of aromatic nitrogens is 2. The van der Waals surface area contributed by atoms with E-state index in [0.29, 0.717) is 22.6 Å². The molecule has 2 N–H and O–H groups in total. The molecule has 160 valence electrons. The summed E-state index contributed by atoms with van der Waals surface area (Å²) in [5, 5.41) is 20.2. The minimum Gasteiger partial charge on any atom is -0.489 e. The van der Waals surface area contributed by atoms with Gasteiger partial charge in [0.2, 0.25) is 0 Å². The lowest BCUT2D eigenvalue weighted by molar-refractivity contribution is -0.385. The number of ether oxygens (including phenoxy) is 1. The number of nitrogens with one attached hydrogen (secondary N) is 2. The average Bonchev–Trinajstić information content (AvgIpc) is 3.11. The molecule has 3 aromatic rings. The van der Waals surface area contributed by atoms with Crippen LogP contribution in [0, 0.1) is 17.0 Å². The summed E-state index contributed by atoms with van der Waals surface area (Å²) in [5.74, 6) is -0.314. The molecule has 3 rings (SSSR count). The van der Waals surface area contributed by atoms with Crippen LogP contribution in [0.4, 0.5) is 11.4 Å². The summed E-state index contributed by atoms with van der Waals surface area (Å²) in [6.45, 7) is 1.82. The molecule has 10 heteroatoms. The fourth-order valence-electron chi connectivity index (χ4n) is 2.95. The first kappa shape index (κ1) is 21.5. The van der Waals surface area contributed by atoms with E-state index in [1.165, 1.54) is 23.9 Å². The normalized spacial score (nSPS) is 10.4. The maximum Gasteiger partial charge on any atom is 0.273 e. The minimum atomic E-state index is -0.445. The van der Waals surface area contributed by atoms with Crippen molar-refractivity contribution in [1.82, 2.24) is 15.1 Å². The van der Waals surface area contributed by atoms with Gasteiger partial charge in [-0.15, -0.1) is 0 Å². The first-order chi connectivity index (χ1) is 14.8. The van der Waals surface area contributed by atoms with Crippen LogP contribution < -0.4 is 15.4 Å². The summed E-state index contributed by atoms with van der Waals surface area (Å²) in [6, 6.07) is 11.4. The van der Waals surface area contributed by atoms with E-state index in [-0.39, 0.29) is 18.0 Å². The van der Waals surface area contributed by atoms with Crippen LogP contribution in [0.3, 0.4) is 0 Å². The molecule has 2 aromatic carbocycles. The molecule has 0 aliphatic carbocycles. The summed E-state index contributed by atoms with van der Waals surface area (Å²) in [4.78, 5) is 35.1. The molecule has 0 atom stereocenters. The van der Waals surface area contributed by atoms with Crippen LogP contribution in [0.15, 0.2) is 48.7 Å². The molecular formula is C21H21N5O5. The Kier molecular flexibility index (Phi) is 6.29. The van der Waals surface area contributed by atoms with Gasteiger partial charge >= 0.3 is 0 Å². The summed E-state index contributed by atoms with van der Waals surface area (Å²) in [5.41, 5.74) is 2.06. The lowest BCUT2D eigenvalue weighted by Crippen LogP contribution is -2.21. The van der Waals surface area contributed by atoms with Crippen LogP contribution in [0.5, 0.6) is 5.75 Å². The van der Waals surface area contributed by atoms with Crippen LogP contribution in [0.1, 0.15) is 32.0 Å². The average molecular weight is 423 g/mol. The molecule has 0 aliphatic rings. The number of hydrogen-bond acceptors (Lipinski definition) is 6. The van der Waals surface area contributed by atoms with Crippen molar-refractivity contribution in [3.63, 3.8) is 0 Å². The van der Waals surface area contributed by atoms with E-state index in [2.05, 4.69) is 15.7 Å². The molecule has 31 heavy (non-hydrogen) atoms. The van der Waals surface area contributed by atoms with Gasteiger partial charge in [-0.1, -0.05) is 12.1 Å². The third kappa shape index (κ3) is 5.04. The summed E-state index contributed by atoms with van der Waals surface area (Å²) < 4.78 is 7.15. The molecule has 0 fully saturated rings. The largest absolute Gasteiger partial charge is 0.489 e. The molecule has 0 radical (unpaired) electrons. The number of hydrogen-bond donors (Lipinski definition) is 2. The fourth-order valence-corrected chi connectivity index (χ4v) is 2.95. The van der Waals surface area contributed by atoms with E-state index < -0.39 is 16.7 Å². The molecule has 0 spiro atoms. The number of benzene rings is 2. The summed E-state index contributed by atoms with van der Waals surface area (Å²) in [7, 11) is 3.14. The number of amides is 2. The zero-order valence-corrected chi connectivity index (χ0v) is 17.2. The quantitative estimate of drug-likeness (QED) is 0.444. The number of aryl methyl sites for hydroxylation is 2. The van der Waals surface area contributed by atoms with Crippen LogP contribution in [-0.4, -0.2) is 33.6 Å². The lowest BCUT2D eigenvalue weighted by atomic mass is 10.1. The second kappa shape index (κ2) is 9.08. The Morgan fingerprint density at radius 2 is 1.97 bits per heavy atom. The Bertz CT molecular complexity index is 1150. The number of nitrogens with zero attached hydrogens (tertiary/aromatic N) is 3. The maximum atomic E-state index is 12.7. The predicted molar refractivity (Wildman–Crippen MR) is 113 cm³/mol. The zero-order valence-electron chi connectivity index (χ0n) is 17.2. The summed E-state index contributed by atoms with van der Waals surface area (Å²) in [6.07, 6.45) is 1.55. The monoisotopic (exact) mass is 423 g/mol. The van der Waals surface area contributed by atoms with Crippen molar-refractivity contribution >= 4 is 23.2 Å². The van der Waals surface area contributed by atoms with Crippen LogP contribution in [-0.2, 0) is 13.7 Å². The van der Waals surface area contributed by atoms with Gasteiger partial charge in [-0.2, -0.15) is 5.10 Å². The third-order valence-electron chi connectivity index (χ3n) is 4.48. The predicted octanol–water partition coefficient (Wildman–Crippen LogP) is 2.83. The van der Waals surface area contributed by atoms with Crippen LogP contribution in [0.2, 0.25) is 0 Å². The molecule has 1 aromatic heterocycles. The van der Waals surface area contributed by atoms with E-state index in [9.17, 15) is 19.7 Å². The fraction of sp³-hybridized carbons (Fsp3) is 0.190. The Morgan fingerprint density at radius 3 is 2.65 bits per heavy atom. The molecule has 0 saturated heterocycles. The highest BCUT2D eigenvalue weighted by atomic mass is 16.6. The smallest absolute Gasteiger partial charge is 0.273 e. The van der Waals surface area contributed by atoms with Gasteiger partial charge in [0, 0.05) is 37.5 Å². The number of rotatable bonds is 7. The van der Waals surface area contributed by atoms with E-state index in [1.54, 1.807) is 50.5 Å². The highest BCUT2D eigenvalue weighted by Gasteiger charge is 2.18. The molecular weight excluding hydrogens is 402 g/mol. The number of nitro benzene ring substituents is 1. The SMILES string of the molecule is CNC(=O)c1nn(C)cc1NC(=O)c1cccc(COc2ccc([N+](=O)[O-])c(C)c2)c1. The Balaban J connectivity index is 1.70. The van der Waals surface area contributed by atoms with E-state index in [4.69, 9.17) is 4.74 Å². The number of carbonyl (C=O) groups excluding carboxylic acids is 2. The van der Waals surface area contributed by atoms with E-state index in [1.807, 2.05) is 0 Å². The second-order valence-corrected chi connectivity index (χ2v) is 6.79. The van der Waals surface area contributed by atoms with Crippen molar-refractivity contribution < 1.29 is 19.2 Å². The van der Waals surface area contributed by atoms with Crippen molar-refractivity contribution in [2.75, 3.05) is 12.4 Å². The van der Waals surface area contributed by atoms with Gasteiger partial charge in [0.1, 0.15) is 12.4 Å². The van der Waals surface area contributed by atoms with E-state index >= 15 is 0 Å². The molecule has 2 amide bonds. The van der Waals surface area contributed by atoms with Gasteiger partial charge < -0.3 is 15.4 Å². The van der Waals surface area contributed by atoms with Crippen LogP contribution in [0.25, 0.3) is 0 Å². The molecule has 10 nitrogen and oxygen atoms in total. The third-order valence-corrected chi connectivity index (χ3v) is 4.48. The highest BCUT2D eigenvalue weighted by Crippen LogP contribution is 2.24. The molecule has 0 saturated carbocycles. The molecule has 0 aliphatic heterocycles. The first-order valence-corrected chi connectivity index (χ1v) is 9.32. The molecule has 0 bridgehead atoms. The zero-order chi connectivity index (χ0) is 22.5. The van der Waals surface area contributed by atoms with E-state index in [0.717, 1.165) is 5.56 Å². The molecule has 1 heterocycles. The number of anilines is 1. The van der Waals surface area contributed by atoms with Crippen molar-refractivity contribution in [3.8, 4) is 5.75 Å². The van der Waals surface area contributed by atoms with Gasteiger partial charge in [0.25, 0.3) is 17.5 Å². The number of nitro groups is 1. The topological polar surface area (TPSA) is 128 Å². The highest BCUT2D eigenvalue weighted by molar-refractivity contribution is 6.08. The second-order valence-electron chi connectivity index (χ2n) is 6.79. The first-order valence-electron chi connectivity index (χ1n) is 9.32. The Labute approximate surface area is 178 Å². The van der Waals surface area contributed by atoms with Crippen molar-refractivity contribution in [2.24, 2.45) is 7.05 Å². The Morgan fingerprint density at radius 1 is 1.19 bits per heavy atom. The maximum absolute atomic E-state index is 12.7. The van der Waals surface area contributed by atoms with Gasteiger partial charge in [0.15, 0.2) is 5.69 Å². The van der Waals surface area contributed by atoms with Crippen LogP contribution >= 0.6 is 0 Å². The van der Waals surface area contributed by atoms with Crippen molar-refractivity contribution in [2.45, 2.75) is 13.5 Å². The molecule has 0 unspecified atom stereocenters. The summed E-state index contributed by atoms with van der Waals surface area (Å²) >= 11 is 0. The van der Waals surface area contributed by atoms with Gasteiger partial charge in [-0.05, 0) is 36.8 Å².